The number of piperidine rings is 1. The van der Waals surface area contributed by atoms with Crippen LogP contribution in [0.15, 0.2) is 55.5 Å². The van der Waals surface area contributed by atoms with Gasteiger partial charge in [0.15, 0.2) is 6.10 Å². The average molecular weight is 582 g/mol. The van der Waals surface area contributed by atoms with Gasteiger partial charge in [-0.2, -0.15) is 10.4 Å². The Balaban J connectivity index is 1.21. The van der Waals surface area contributed by atoms with Crippen molar-refractivity contribution < 1.29 is 19.4 Å². The van der Waals surface area contributed by atoms with Crippen LogP contribution in [0.25, 0.3) is 16.8 Å². The van der Waals surface area contributed by atoms with Crippen LogP contribution in [-0.4, -0.2) is 89.1 Å². The van der Waals surface area contributed by atoms with Crippen molar-refractivity contribution in [1.29, 1.82) is 5.26 Å². The molecule has 0 aromatic carbocycles. The van der Waals surface area contributed by atoms with Gasteiger partial charge in [0.25, 0.3) is 0 Å². The number of fused-ring (bicyclic) bond motifs is 1. The zero-order chi connectivity index (χ0) is 30.1. The summed E-state index contributed by atoms with van der Waals surface area (Å²) in [6.45, 7) is 7.24. The summed E-state index contributed by atoms with van der Waals surface area (Å²) in [6, 6.07) is 9.37. The fourth-order valence-corrected chi connectivity index (χ4v) is 5.78. The van der Waals surface area contributed by atoms with Crippen LogP contribution in [0.3, 0.4) is 0 Å². The van der Waals surface area contributed by atoms with Gasteiger partial charge in [-0.25, -0.2) is 9.20 Å². The number of rotatable bonds is 8. The van der Waals surface area contributed by atoms with Crippen molar-refractivity contribution in [3.63, 3.8) is 0 Å². The van der Waals surface area contributed by atoms with Crippen LogP contribution < -0.4 is 4.74 Å². The number of nitrogens with zero attached hydrogens (tertiary/aromatic N) is 9. The van der Waals surface area contributed by atoms with Gasteiger partial charge in [0.1, 0.15) is 28.6 Å². The number of pyridine rings is 2. The fraction of sp³-hybridized carbons (Fsp3) is 0.367. The molecule has 43 heavy (non-hydrogen) atoms. The van der Waals surface area contributed by atoms with Crippen LogP contribution >= 0.6 is 0 Å². The number of likely N-dealkylation sites (tertiary alicyclic amines) is 2. The Morgan fingerprint density at radius 2 is 2.05 bits per heavy atom. The lowest BCUT2D eigenvalue weighted by molar-refractivity contribution is -0.147. The molecule has 1 atom stereocenters. The fourth-order valence-electron chi connectivity index (χ4n) is 5.78. The number of aliphatic hydroxyl groups is 1. The number of carbonyl (C=O) groups excluding carboxylic acids is 2. The molecule has 0 radical (unpaired) electrons. The third kappa shape index (κ3) is 5.21. The second kappa shape index (κ2) is 11.7. The maximum atomic E-state index is 13.0. The molecule has 220 valence electrons. The SMILES string of the molecule is C=CC(=O)N1CC(C(=O)N2CCC(n3nnc(-c4cc(O[C@H](CO)c5ccccn5)c5c(C#N)cnn5c4)c3C)CC2)C1. The van der Waals surface area contributed by atoms with Crippen LogP contribution in [0.2, 0.25) is 0 Å². The van der Waals surface area contributed by atoms with E-state index in [1.807, 2.05) is 22.6 Å². The summed E-state index contributed by atoms with van der Waals surface area (Å²) in [6.07, 6.45) is 6.87. The monoisotopic (exact) mass is 581 g/mol. The van der Waals surface area contributed by atoms with E-state index in [0.29, 0.717) is 60.0 Å². The van der Waals surface area contributed by atoms with E-state index in [4.69, 9.17) is 4.74 Å². The number of carbonyl (C=O) groups is 2. The minimum Gasteiger partial charge on any atom is -0.479 e. The standard InChI is InChI=1S/C30H31N9O4/c1-3-27(41)37-15-22(16-37)30(42)36-10-7-23(8-11-36)39-19(2)28(34-35-39)20-12-25(29-21(13-31)14-33-38(29)17-20)43-26(18-40)24-6-4-5-9-32-24/h3-6,9,12,14,17,22-23,26,40H,1,7-8,10-11,15-16,18H2,2H3/t26-/m1/s1. The molecule has 2 saturated heterocycles. The molecule has 1 N–H and O–H groups in total. The molecule has 2 fully saturated rings. The predicted molar refractivity (Wildman–Crippen MR) is 153 cm³/mol. The largest absolute Gasteiger partial charge is 0.479 e. The van der Waals surface area contributed by atoms with Gasteiger partial charge in [-0.1, -0.05) is 17.9 Å². The second-order valence-corrected chi connectivity index (χ2v) is 10.8. The minimum absolute atomic E-state index is 0.0720. The van der Waals surface area contributed by atoms with E-state index in [0.717, 1.165) is 18.5 Å². The van der Waals surface area contributed by atoms with E-state index < -0.39 is 6.10 Å². The molecule has 2 aliphatic heterocycles. The molecule has 6 heterocycles. The van der Waals surface area contributed by atoms with Crippen molar-refractivity contribution >= 4 is 17.3 Å². The molecule has 0 spiro atoms. The molecule has 2 aliphatic rings. The Labute approximate surface area is 247 Å². The Hall–Kier alpha value is -5.09. The van der Waals surface area contributed by atoms with E-state index >= 15 is 0 Å². The summed E-state index contributed by atoms with van der Waals surface area (Å²) in [4.78, 5) is 32.5. The summed E-state index contributed by atoms with van der Waals surface area (Å²) < 4.78 is 9.72. The molecular weight excluding hydrogens is 550 g/mol. The first-order chi connectivity index (χ1) is 20.9. The van der Waals surface area contributed by atoms with E-state index in [1.54, 1.807) is 40.0 Å². The number of nitriles is 1. The predicted octanol–water partition coefficient (Wildman–Crippen LogP) is 2.09. The van der Waals surface area contributed by atoms with E-state index in [2.05, 4.69) is 33.0 Å². The normalized spacial score (nSPS) is 16.5. The van der Waals surface area contributed by atoms with Crippen LogP contribution in [0.4, 0.5) is 0 Å². The number of aliphatic hydroxyl groups excluding tert-OH is 1. The van der Waals surface area contributed by atoms with Gasteiger partial charge in [-0.3, -0.25) is 14.6 Å². The Morgan fingerprint density at radius 1 is 1.26 bits per heavy atom. The van der Waals surface area contributed by atoms with E-state index in [-0.39, 0.29) is 30.4 Å². The van der Waals surface area contributed by atoms with Crippen LogP contribution in [-0.2, 0) is 9.59 Å². The van der Waals surface area contributed by atoms with Gasteiger partial charge in [0, 0.05) is 44.1 Å². The van der Waals surface area contributed by atoms with Gasteiger partial charge in [0.05, 0.1) is 36.2 Å². The molecule has 6 rings (SSSR count). The average Bonchev–Trinajstić information content (AvgIpc) is 3.62. The number of ether oxygens (including phenoxy) is 1. The smallest absolute Gasteiger partial charge is 0.246 e. The zero-order valence-corrected chi connectivity index (χ0v) is 23.7. The first-order valence-corrected chi connectivity index (χ1v) is 14.1. The quantitative estimate of drug-likeness (QED) is 0.308. The third-order valence-corrected chi connectivity index (χ3v) is 8.19. The highest BCUT2D eigenvalue weighted by molar-refractivity contribution is 5.90. The number of hydrogen-bond donors (Lipinski definition) is 1. The van der Waals surface area contributed by atoms with Crippen LogP contribution in [0, 0.1) is 24.2 Å². The Morgan fingerprint density at radius 3 is 2.72 bits per heavy atom. The molecule has 13 heteroatoms. The minimum atomic E-state index is -0.753. The van der Waals surface area contributed by atoms with Gasteiger partial charge in [-0.15, -0.1) is 5.10 Å². The summed E-state index contributed by atoms with van der Waals surface area (Å²) in [5.41, 5.74) is 3.54. The highest BCUT2D eigenvalue weighted by Gasteiger charge is 2.38. The number of amides is 2. The maximum Gasteiger partial charge on any atom is 0.246 e. The number of hydrogen-bond acceptors (Lipinski definition) is 9. The van der Waals surface area contributed by atoms with Crippen molar-refractivity contribution in [3.8, 4) is 23.1 Å². The van der Waals surface area contributed by atoms with Gasteiger partial charge in [-0.05, 0) is 44.0 Å². The van der Waals surface area contributed by atoms with Crippen molar-refractivity contribution in [3.05, 3.63) is 72.5 Å². The highest BCUT2D eigenvalue weighted by Crippen LogP contribution is 2.34. The molecule has 4 aromatic rings. The van der Waals surface area contributed by atoms with E-state index in [1.165, 1.54) is 12.3 Å². The molecule has 0 saturated carbocycles. The van der Waals surface area contributed by atoms with Crippen molar-refractivity contribution in [1.82, 2.24) is 39.4 Å². The van der Waals surface area contributed by atoms with Crippen molar-refractivity contribution in [2.75, 3.05) is 32.8 Å². The Kier molecular flexibility index (Phi) is 7.60. The molecule has 0 aliphatic carbocycles. The Bertz CT molecular complexity index is 1710. The van der Waals surface area contributed by atoms with Crippen LogP contribution in [0.1, 0.15) is 41.9 Å². The van der Waals surface area contributed by atoms with Crippen molar-refractivity contribution in [2.45, 2.75) is 31.9 Å². The van der Waals surface area contributed by atoms with Gasteiger partial charge < -0.3 is 19.6 Å². The summed E-state index contributed by atoms with van der Waals surface area (Å²) in [5.74, 6) is 0.156. The summed E-state index contributed by atoms with van der Waals surface area (Å²) in [7, 11) is 0. The van der Waals surface area contributed by atoms with Gasteiger partial charge >= 0.3 is 0 Å². The topological polar surface area (TPSA) is 155 Å². The second-order valence-electron chi connectivity index (χ2n) is 10.8. The number of aromatic nitrogens is 6. The van der Waals surface area contributed by atoms with E-state index in [9.17, 15) is 20.0 Å². The molecule has 0 unspecified atom stereocenters. The molecule has 2 amide bonds. The first-order valence-electron chi connectivity index (χ1n) is 14.1. The lowest BCUT2D eigenvalue weighted by Gasteiger charge is -2.41. The molecule has 0 bridgehead atoms. The van der Waals surface area contributed by atoms with Gasteiger partial charge in [0.2, 0.25) is 11.8 Å². The zero-order valence-electron chi connectivity index (χ0n) is 23.7. The lowest BCUT2D eigenvalue weighted by Crippen LogP contribution is -2.57. The molecular formula is C30H31N9O4. The maximum absolute atomic E-state index is 13.0. The first kappa shape index (κ1) is 28.0. The van der Waals surface area contributed by atoms with Crippen LogP contribution in [0.5, 0.6) is 5.75 Å². The van der Waals surface area contributed by atoms with Crippen molar-refractivity contribution in [2.24, 2.45) is 5.92 Å². The summed E-state index contributed by atoms with van der Waals surface area (Å²) >= 11 is 0. The highest BCUT2D eigenvalue weighted by atomic mass is 16.5. The third-order valence-electron chi connectivity index (χ3n) is 8.19. The molecule has 13 nitrogen and oxygen atoms in total. The lowest BCUT2D eigenvalue weighted by atomic mass is 9.96. The summed E-state index contributed by atoms with van der Waals surface area (Å²) in [5, 5.41) is 33.1. The molecule has 4 aromatic heterocycles.